The predicted molar refractivity (Wildman–Crippen MR) is 122 cm³/mol. The van der Waals surface area contributed by atoms with Crippen LogP contribution in [0, 0.1) is 0 Å². The van der Waals surface area contributed by atoms with E-state index in [2.05, 4.69) is 132 Å². The fraction of sp³-hybridized carbons (Fsp3) is 0. The van der Waals surface area contributed by atoms with Gasteiger partial charge in [0.15, 0.2) is 0 Å². The second-order valence-electron chi connectivity index (χ2n) is 6.80. The van der Waals surface area contributed by atoms with Crippen LogP contribution in [0.15, 0.2) is 121 Å². The van der Waals surface area contributed by atoms with Gasteiger partial charge in [-0.3, -0.25) is 10.7 Å². The van der Waals surface area contributed by atoms with Gasteiger partial charge in [0.2, 0.25) is 0 Å². The number of hydrogen-bond donors (Lipinski definition) is 2. The van der Waals surface area contributed by atoms with Crippen LogP contribution in [0.25, 0.3) is 0 Å². The highest BCUT2D eigenvalue weighted by atomic mass is 15.3. The smallest absolute Gasteiger partial charge is 0.296 e. The zero-order valence-electron chi connectivity index (χ0n) is 15.7. The summed E-state index contributed by atoms with van der Waals surface area (Å²) in [5, 5.41) is 7.20. The molecule has 2 nitrogen and oxygen atoms in total. The highest BCUT2D eigenvalue weighted by Gasteiger charge is 2.24. The molecule has 0 bridgehead atoms. The number of hydrazine groups is 1. The van der Waals surface area contributed by atoms with E-state index in [9.17, 15) is 0 Å². The number of hydrogen-bond acceptors (Lipinski definition) is 2. The molecule has 0 spiro atoms. The predicted octanol–water partition coefficient (Wildman–Crippen LogP) is 1.69. The van der Waals surface area contributed by atoms with E-state index in [4.69, 9.17) is 0 Å². The van der Waals surface area contributed by atoms with Gasteiger partial charge in [0.05, 0.1) is 0 Å². The van der Waals surface area contributed by atoms with E-state index in [1.54, 1.807) is 0 Å². The summed E-state index contributed by atoms with van der Waals surface area (Å²) < 4.78 is 0. The van der Waals surface area contributed by atoms with Gasteiger partial charge in [-0.15, -0.1) is 0 Å². The van der Waals surface area contributed by atoms with Crippen LogP contribution in [0.1, 0.15) is 0 Å². The third kappa shape index (κ3) is 4.42. The van der Waals surface area contributed by atoms with E-state index < -0.39 is 0 Å². The van der Waals surface area contributed by atoms with Crippen LogP contribution >= 0.6 is 0 Å². The lowest BCUT2D eigenvalue weighted by atomic mass is 9.49. The van der Waals surface area contributed by atoms with Crippen molar-refractivity contribution in [3.8, 4) is 0 Å². The van der Waals surface area contributed by atoms with Crippen LogP contribution in [-0.4, -0.2) is 13.7 Å². The summed E-state index contributed by atoms with van der Waals surface area (Å²) in [5.74, 6) is 0. The first-order valence-electron chi connectivity index (χ1n) is 9.62. The maximum Gasteiger partial charge on any atom is 0.302 e. The molecule has 0 atom stereocenters. The molecule has 134 valence electrons. The lowest BCUT2D eigenvalue weighted by Gasteiger charge is -2.22. The molecule has 0 fully saturated rings. The SMILES string of the molecule is c1ccc(B(NNB(c2ccccc2)c2ccccc2)c2ccccc2)cc1. The van der Waals surface area contributed by atoms with Gasteiger partial charge in [-0.2, -0.15) is 0 Å². The first-order chi connectivity index (χ1) is 13.9. The summed E-state index contributed by atoms with van der Waals surface area (Å²) in [6, 6.07) is 42.1. The van der Waals surface area contributed by atoms with Gasteiger partial charge in [0, 0.05) is 0 Å². The average Bonchev–Trinajstić information content (AvgIpc) is 2.79. The molecule has 0 aliphatic heterocycles. The third-order valence-electron chi connectivity index (χ3n) is 4.90. The number of benzene rings is 4. The van der Waals surface area contributed by atoms with E-state index in [1.807, 2.05) is 0 Å². The van der Waals surface area contributed by atoms with Crippen molar-refractivity contribution in [3.63, 3.8) is 0 Å². The highest BCUT2D eigenvalue weighted by molar-refractivity contribution is 6.86. The first kappa shape index (κ1) is 18.3. The Morgan fingerprint density at radius 1 is 0.321 bits per heavy atom. The molecule has 0 amide bonds. The van der Waals surface area contributed by atoms with Crippen molar-refractivity contribution in [2.24, 2.45) is 0 Å². The quantitative estimate of drug-likeness (QED) is 0.387. The van der Waals surface area contributed by atoms with Crippen molar-refractivity contribution in [2.75, 3.05) is 0 Å². The Labute approximate surface area is 167 Å². The highest BCUT2D eigenvalue weighted by Crippen LogP contribution is 1.93. The van der Waals surface area contributed by atoms with E-state index in [0.717, 1.165) is 0 Å². The van der Waals surface area contributed by atoms with Gasteiger partial charge in [-0.05, 0) is 0 Å². The molecule has 0 aliphatic rings. The van der Waals surface area contributed by atoms with Crippen molar-refractivity contribution in [1.29, 1.82) is 0 Å². The molecule has 4 heteroatoms. The third-order valence-corrected chi connectivity index (χ3v) is 4.90. The van der Waals surface area contributed by atoms with Crippen LogP contribution in [0.3, 0.4) is 0 Å². The summed E-state index contributed by atoms with van der Waals surface area (Å²) in [7, 11) is 0. The van der Waals surface area contributed by atoms with Crippen molar-refractivity contribution in [3.05, 3.63) is 121 Å². The van der Waals surface area contributed by atoms with Gasteiger partial charge in [-0.1, -0.05) is 143 Å². The lowest BCUT2D eigenvalue weighted by molar-refractivity contribution is 0.925. The number of nitrogens with one attached hydrogen (secondary N) is 2. The zero-order valence-corrected chi connectivity index (χ0v) is 15.7. The maximum atomic E-state index is 3.60. The Morgan fingerprint density at radius 3 is 0.750 bits per heavy atom. The van der Waals surface area contributed by atoms with Crippen molar-refractivity contribution in [2.45, 2.75) is 0 Å². The zero-order chi connectivity index (χ0) is 19.0. The minimum atomic E-state index is 0.0531. The van der Waals surface area contributed by atoms with Crippen LogP contribution in [0.2, 0.25) is 0 Å². The molecule has 0 radical (unpaired) electrons. The second-order valence-corrected chi connectivity index (χ2v) is 6.80. The van der Waals surface area contributed by atoms with Crippen molar-refractivity contribution in [1.82, 2.24) is 10.7 Å². The summed E-state index contributed by atoms with van der Waals surface area (Å²) in [6.45, 7) is 0.106. The van der Waals surface area contributed by atoms with Gasteiger partial charge >= 0.3 is 13.7 Å². The maximum absolute atomic E-state index is 3.60. The Morgan fingerprint density at radius 2 is 0.536 bits per heavy atom. The molecular formula is C24H22B2N2. The van der Waals surface area contributed by atoms with Crippen molar-refractivity contribution < 1.29 is 0 Å². The molecule has 0 saturated heterocycles. The Bertz CT molecular complexity index is 802. The van der Waals surface area contributed by atoms with Crippen LogP contribution in [-0.2, 0) is 0 Å². The fourth-order valence-electron chi connectivity index (χ4n) is 3.47. The Balaban J connectivity index is 1.64. The van der Waals surface area contributed by atoms with E-state index in [1.165, 1.54) is 21.9 Å². The molecule has 0 aromatic heterocycles. The minimum absolute atomic E-state index is 0.0531. The van der Waals surface area contributed by atoms with Crippen LogP contribution < -0.4 is 32.5 Å². The fourth-order valence-corrected chi connectivity index (χ4v) is 3.47. The molecule has 4 aromatic rings. The molecule has 0 heterocycles. The summed E-state index contributed by atoms with van der Waals surface area (Å²) in [6.07, 6.45) is 0. The normalized spacial score (nSPS) is 10.4. The van der Waals surface area contributed by atoms with Crippen LogP contribution in [0.4, 0.5) is 0 Å². The topological polar surface area (TPSA) is 24.1 Å². The molecule has 0 saturated carbocycles. The summed E-state index contributed by atoms with van der Waals surface area (Å²) >= 11 is 0. The Kier molecular flexibility index (Phi) is 6.03. The first-order valence-corrected chi connectivity index (χ1v) is 9.62. The number of rotatable bonds is 7. The molecule has 28 heavy (non-hydrogen) atoms. The second kappa shape index (κ2) is 9.23. The minimum Gasteiger partial charge on any atom is -0.296 e. The average molecular weight is 360 g/mol. The van der Waals surface area contributed by atoms with E-state index in [-0.39, 0.29) is 13.7 Å². The summed E-state index contributed by atoms with van der Waals surface area (Å²) in [4.78, 5) is 0. The largest absolute Gasteiger partial charge is 0.302 e. The monoisotopic (exact) mass is 360 g/mol. The summed E-state index contributed by atoms with van der Waals surface area (Å²) in [5.41, 5.74) is 4.89. The van der Waals surface area contributed by atoms with Gasteiger partial charge in [0.1, 0.15) is 0 Å². The molecule has 0 unspecified atom stereocenters. The molecule has 4 rings (SSSR count). The van der Waals surface area contributed by atoms with Crippen molar-refractivity contribution >= 4 is 35.5 Å². The van der Waals surface area contributed by atoms with Gasteiger partial charge in [-0.25, -0.2) is 0 Å². The standard InChI is InChI=1S/C24H22B2N2/c1-5-13-21(14-6-1)25(22-15-7-2-8-16-22)27-28-26(23-17-9-3-10-18-23)24-19-11-4-12-20-24/h1-20,27-28H. The van der Waals surface area contributed by atoms with Gasteiger partial charge < -0.3 is 0 Å². The molecule has 2 N–H and O–H groups in total. The molecule has 0 aliphatic carbocycles. The van der Waals surface area contributed by atoms with Crippen LogP contribution in [0.5, 0.6) is 0 Å². The van der Waals surface area contributed by atoms with E-state index >= 15 is 0 Å². The molecular weight excluding hydrogens is 338 g/mol. The van der Waals surface area contributed by atoms with E-state index in [0.29, 0.717) is 0 Å². The Hall–Kier alpha value is -3.07. The molecule has 4 aromatic carbocycles. The lowest BCUT2D eigenvalue weighted by Crippen LogP contribution is -2.67. The van der Waals surface area contributed by atoms with Gasteiger partial charge in [0.25, 0.3) is 0 Å².